The van der Waals surface area contributed by atoms with E-state index in [2.05, 4.69) is 6.92 Å². The number of para-hydroxylation sites is 1. The van der Waals surface area contributed by atoms with E-state index in [1.54, 1.807) is 6.07 Å². The molecular formula is C13H18N2O3. The molecule has 1 heterocycles. The first-order valence-electron chi connectivity index (χ1n) is 6.17. The molecule has 98 valence electrons. The first-order chi connectivity index (χ1) is 8.56. The van der Waals surface area contributed by atoms with Crippen molar-refractivity contribution in [1.82, 2.24) is 0 Å². The zero-order valence-electron chi connectivity index (χ0n) is 10.7. The molecule has 0 aliphatic carbocycles. The Kier molecular flexibility index (Phi) is 3.52. The first-order valence-corrected chi connectivity index (χ1v) is 6.17. The van der Waals surface area contributed by atoms with Gasteiger partial charge in [-0.3, -0.25) is 10.1 Å². The lowest BCUT2D eigenvalue weighted by Crippen LogP contribution is -2.36. The molecule has 0 amide bonds. The quantitative estimate of drug-likeness (QED) is 0.659. The van der Waals surface area contributed by atoms with Crippen molar-refractivity contribution in [2.24, 2.45) is 5.92 Å². The molecule has 0 spiro atoms. The van der Waals surface area contributed by atoms with Gasteiger partial charge >= 0.3 is 0 Å². The van der Waals surface area contributed by atoms with Crippen LogP contribution in [0.4, 0.5) is 11.4 Å². The number of rotatable bonds is 3. The molecular weight excluding hydrogens is 232 g/mol. The van der Waals surface area contributed by atoms with Gasteiger partial charge in [0.25, 0.3) is 5.69 Å². The summed E-state index contributed by atoms with van der Waals surface area (Å²) in [5.74, 6) is 0.356. The molecule has 0 saturated carbocycles. The third-order valence-corrected chi connectivity index (χ3v) is 3.77. The van der Waals surface area contributed by atoms with Crippen LogP contribution in [0.25, 0.3) is 0 Å². The SMILES string of the molecule is Cc1cccc([N+](=O)[O-])c1N1CCC(C)C1CO. The molecule has 1 aliphatic heterocycles. The summed E-state index contributed by atoms with van der Waals surface area (Å²) in [4.78, 5) is 12.8. The molecule has 2 unspecified atom stereocenters. The van der Waals surface area contributed by atoms with Crippen molar-refractivity contribution in [2.45, 2.75) is 26.3 Å². The smallest absolute Gasteiger partial charge is 0.292 e. The zero-order chi connectivity index (χ0) is 13.3. The highest BCUT2D eigenvalue weighted by molar-refractivity contribution is 5.68. The van der Waals surface area contributed by atoms with Crippen LogP contribution in [0, 0.1) is 23.0 Å². The maximum atomic E-state index is 11.1. The minimum absolute atomic E-state index is 0.0233. The van der Waals surface area contributed by atoms with Crippen molar-refractivity contribution >= 4 is 11.4 Å². The number of nitrogens with zero attached hydrogens (tertiary/aromatic N) is 2. The van der Waals surface area contributed by atoms with E-state index in [4.69, 9.17) is 0 Å². The number of aliphatic hydroxyl groups excluding tert-OH is 1. The number of anilines is 1. The van der Waals surface area contributed by atoms with Gasteiger partial charge in [-0.15, -0.1) is 0 Å². The molecule has 5 nitrogen and oxygen atoms in total. The van der Waals surface area contributed by atoms with E-state index in [9.17, 15) is 15.2 Å². The Morgan fingerprint density at radius 3 is 2.89 bits per heavy atom. The molecule has 0 radical (unpaired) electrons. The van der Waals surface area contributed by atoms with Crippen molar-refractivity contribution in [3.05, 3.63) is 33.9 Å². The van der Waals surface area contributed by atoms with Crippen molar-refractivity contribution in [3.63, 3.8) is 0 Å². The average molecular weight is 250 g/mol. The molecule has 1 saturated heterocycles. The van der Waals surface area contributed by atoms with Crippen LogP contribution in [0.2, 0.25) is 0 Å². The molecule has 18 heavy (non-hydrogen) atoms. The maximum Gasteiger partial charge on any atom is 0.292 e. The Morgan fingerprint density at radius 1 is 1.56 bits per heavy atom. The summed E-state index contributed by atoms with van der Waals surface area (Å²) in [5, 5.41) is 20.6. The van der Waals surface area contributed by atoms with Crippen LogP contribution in [0.5, 0.6) is 0 Å². The van der Waals surface area contributed by atoms with Gasteiger partial charge in [-0.05, 0) is 24.8 Å². The number of hydrogen-bond donors (Lipinski definition) is 1. The third-order valence-electron chi connectivity index (χ3n) is 3.77. The number of nitro benzene ring substituents is 1. The number of aryl methyl sites for hydroxylation is 1. The average Bonchev–Trinajstić information content (AvgIpc) is 2.69. The Morgan fingerprint density at radius 2 is 2.28 bits per heavy atom. The van der Waals surface area contributed by atoms with Gasteiger partial charge in [-0.25, -0.2) is 0 Å². The molecule has 0 aromatic heterocycles. The summed E-state index contributed by atoms with van der Waals surface area (Å²) in [6.45, 7) is 4.75. The lowest BCUT2D eigenvalue weighted by molar-refractivity contribution is -0.384. The third kappa shape index (κ3) is 2.06. The predicted octanol–water partition coefficient (Wildman–Crippen LogP) is 2.11. The van der Waals surface area contributed by atoms with Gasteiger partial charge in [0.05, 0.1) is 17.6 Å². The highest BCUT2D eigenvalue weighted by Gasteiger charge is 2.34. The molecule has 1 aliphatic rings. The second kappa shape index (κ2) is 4.94. The van der Waals surface area contributed by atoms with Gasteiger partial charge < -0.3 is 10.0 Å². The number of aliphatic hydroxyl groups is 1. The standard InChI is InChI=1S/C13H18N2O3/c1-9-6-7-14(12(9)8-16)13-10(2)4-3-5-11(13)15(17)18/h3-5,9,12,16H,6-8H2,1-2H3. The first kappa shape index (κ1) is 12.8. The fourth-order valence-electron chi connectivity index (χ4n) is 2.73. The van der Waals surface area contributed by atoms with Gasteiger partial charge in [0.1, 0.15) is 5.69 Å². The number of nitro groups is 1. The molecule has 2 rings (SSSR count). The Labute approximate surface area is 106 Å². The molecule has 5 heteroatoms. The lowest BCUT2D eigenvalue weighted by atomic mass is 10.0. The second-order valence-electron chi connectivity index (χ2n) is 4.91. The van der Waals surface area contributed by atoms with Crippen LogP contribution in [0.3, 0.4) is 0 Å². The van der Waals surface area contributed by atoms with Crippen LogP contribution in [0.1, 0.15) is 18.9 Å². The molecule has 2 atom stereocenters. The van der Waals surface area contributed by atoms with Crippen LogP contribution in [-0.2, 0) is 0 Å². The minimum Gasteiger partial charge on any atom is -0.394 e. The van der Waals surface area contributed by atoms with Gasteiger partial charge in [0, 0.05) is 12.6 Å². The predicted molar refractivity (Wildman–Crippen MR) is 69.8 cm³/mol. The summed E-state index contributed by atoms with van der Waals surface area (Å²) in [6, 6.07) is 5.08. The Bertz CT molecular complexity index is 462. The zero-order valence-corrected chi connectivity index (χ0v) is 10.7. The van der Waals surface area contributed by atoms with E-state index in [-0.39, 0.29) is 23.3 Å². The molecule has 0 bridgehead atoms. The van der Waals surface area contributed by atoms with Crippen LogP contribution < -0.4 is 4.90 Å². The Hall–Kier alpha value is -1.62. The summed E-state index contributed by atoms with van der Waals surface area (Å²) < 4.78 is 0. The topological polar surface area (TPSA) is 66.6 Å². The van der Waals surface area contributed by atoms with E-state index in [0.29, 0.717) is 11.6 Å². The highest BCUT2D eigenvalue weighted by Crippen LogP contribution is 2.37. The highest BCUT2D eigenvalue weighted by atomic mass is 16.6. The van der Waals surface area contributed by atoms with Crippen LogP contribution in [0.15, 0.2) is 18.2 Å². The van der Waals surface area contributed by atoms with Crippen LogP contribution >= 0.6 is 0 Å². The fraction of sp³-hybridized carbons (Fsp3) is 0.538. The number of benzene rings is 1. The summed E-state index contributed by atoms with van der Waals surface area (Å²) in [6.07, 6.45) is 0.955. The number of hydrogen-bond acceptors (Lipinski definition) is 4. The minimum atomic E-state index is -0.347. The largest absolute Gasteiger partial charge is 0.394 e. The van der Waals surface area contributed by atoms with E-state index in [1.807, 2.05) is 17.9 Å². The molecule has 1 aromatic rings. The van der Waals surface area contributed by atoms with E-state index < -0.39 is 0 Å². The van der Waals surface area contributed by atoms with Crippen molar-refractivity contribution < 1.29 is 10.0 Å². The van der Waals surface area contributed by atoms with Gasteiger partial charge in [-0.2, -0.15) is 0 Å². The lowest BCUT2D eigenvalue weighted by Gasteiger charge is -2.28. The normalized spacial score (nSPS) is 23.4. The van der Waals surface area contributed by atoms with E-state index >= 15 is 0 Å². The van der Waals surface area contributed by atoms with E-state index in [0.717, 1.165) is 18.5 Å². The second-order valence-corrected chi connectivity index (χ2v) is 4.91. The summed E-state index contributed by atoms with van der Waals surface area (Å²) in [7, 11) is 0. The van der Waals surface area contributed by atoms with Crippen molar-refractivity contribution in [1.29, 1.82) is 0 Å². The Balaban J connectivity index is 2.47. The fourth-order valence-corrected chi connectivity index (χ4v) is 2.73. The van der Waals surface area contributed by atoms with Crippen molar-refractivity contribution in [3.8, 4) is 0 Å². The molecule has 1 aromatic carbocycles. The van der Waals surface area contributed by atoms with Crippen molar-refractivity contribution in [2.75, 3.05) is 18.1 Å². The van der Waals surface area contributed by atoms with E-state index in [1.165, 1.54) is 6.07 Å². The summed E-state index contributed by atoms with van der Waals surface area (Å²) >= 11 is 0. The van der Waals surface area contributed by atoms with Gasteiger partial charge in [0.2, 0.25) is 0 Å². The summed E-state index contributed by atoms with van der Waals surface area (Å²) in [5.41, 5.74) is 1.67. The van der Waals surface area contributed by atoms with Gasteiger partial charge in [-0.1, -0.05) is 19.1 Å². The maximum absolute atomic E-state index is 11.1. The monoisotopic (exact) mass is 250 g/mol. The van der Waals surface area contributed by atoms with Gasteiger partial charge in [0.15, 0.2) is 0 Å². The molecule has 1 N–H and O–H groups in total. The van der Waals surface area contributed by atoms with Crippen LogP contribution in [-0.4, -0.2) is 29.2 Å². The molecule has 1 fully saturated rings.